The second-order valence-corrected chi connectivity index (χ2v) is 7.13. The molecule has 0 radical (unpaired) electrons. The summed E-state index contributed by atoms with van der Waals surface area (Å²) in [5, 5.41) is 6.72. The Morgan fingerprint density at radius 2 is 2.11 bits per heavy atom. The zero-order valence-corrected chi connectivity index (χ0v) is 16.1. The normalized spacial score (nSPS) is 12.6. The van der Waals surface area contributed by atoms with Gasteiger partial charge >= 0.3 is 0 Å². The fourth-order valence-electron chi connectivity index (χ4n) is 2.72. The Kier molecular flexibility index (Phi) is 5.85. The minimum Gasteiger partial charge on any atom is -0.364 e. The van der Waals surface area contributed by atoms with Crippen LogP contribution < -0.4 is 5.32 Å². The number of ether oxygens (including phenoxy) is 1. The van der Waals surface area contributed by atoms with E-state index in [0.717, 1.165) is 23.0 Å². The number of nitrogens with zero attached hydrogens (tertiary/aromatic N) is 3. The largest absolute Gasteiger partial charge is 0.364 e. The third-order valence-corrected chi connectivity index (χ3v) is 3.98. The fourth-order valence-corrected chi connectivity index (χ4v) is 2.72. The van der Waals surface area contributed by atoms with Crippen LogP contribution in [0.25, 0.3) is 11.0 Å². The number of benzene rings is 1. The van der Waals surface area contributed by atoms with Crippen molar-refractivity contribution in [1.82, 2.24) is 25.4 Å². The second-order valence-electron chi connectivity index (χ2n) is 7.13. The molecule has 1 aromatic carbocycles. The van der Waals surface area contributed by atoms with Crippen molar-refractivity contribution >= 4 is 16.9 Å². The molecular formula is C19H25N5O3. The Labute approximate surface area is 157 Å². The molecule has 3 rings (SSSR count). The maximum Gasteiger partial charge on any atom is 0.248 e. The fraction of sp³-hybridized carbons (Fsp3) is 0.474. The number of hydrogen-bond acceptors (Lipinski definition) is 6. The number of carbonyl (C=O) groups excluding carboxylic acids is 1. The van der Waals surface area contributed by atoms with E-state index in [4.69, 9.17) is 9.26 Å². The van der Waals surface area contributed by atoms with Crippen LogP contribution in [0, 0.1) is 12.8 Å². The third-order valence-electron chi connectivity index (χ3n) is 3.98. The Hall–Kier alpha value is -2.74. The standard InChI is InChI=1S/C19H25N5O3/c1-11(2)7-16-23-19(27-24-16)13(4)20-18(25)10-26-9-17-21-14-6-5-12(3)8-15(14)22-17/h5-6,8,11,13H,7,9-10H2,1-4H3,(H,20,25)(H,21,22)/t13-/m1/s1. The van der Waals surface area contributed by atoms with Gasteiger partial charge in [-0.1, -0.05) is 25.1 Å². The lowest BCUT2D eigenvalue weighted by Crippen LogP contribution is -2.30. The molecule has 0 bridgehead atoms. The van der Waals surface area contributed by atoms with E-state index in [-0.39, 0.29) is 25.2 Å². The van der Waals surface area contributed by atoms with E-state index in [1.807, 2.05) is 25.1 Å². The highest BCUT2D eigenvalue weighted by molar-refractivity contribution is 5.77. The lowest BCUT2D eigenvalue weighted by molar-refractivity contribution is -0.127. The van der Waals surface area contributed by atoms with Crippen LogP contribution in [0.15, 0.2) is 22.7 Å². The molecule has 1 atom stereocenters. The van der Waals surface area contributed by atoms with Crippen LogP contribution in [0.5, 0.6) is 0 Å². The van der Waals surface area contributed by atoms with Gasteiger partial charge in [-0.15, -0.1) is 0 Å². The first kappa shape index (κ1) is 19.0. The predicted octanol–water partition coefficient (Wildman–Crippen LogP) is 2.85. The van der Waals surface area contributed by atoms with Crippen LogP contribution >= 0.6 is 0 Å². The molecule has 0 aliphatic rings. The zero-order valence-electron chi connectivity index (χ0n) is 16.1. The van der Waals surface area contributed by atoms with E-state index in [9.17, 15) is 4.79 Å². The van der Waals surface area contributed by atoms with E-state index in [1.165, 1.54) is 0 Å². The van der Waals surface area contributed by atoms with Crippen molar-refractivity contribution in [1.29, 1.82) is 0 Å². The highest BCUT2D eigenvalue weighted by Crippen LogP contribution is 2.14. The maximum absolute atomic E-state index is 12.1. The summed E-state index contributed by atoms with van der Waals surface area (Å²) in [4.78, 5) is 24.0. The summed E-state index contributed by atoms with van der Waals surface area (Å²) in [6.45, 7) is 8.15. The SMILES string of the molecule is Cc1ccc2nc(COCC(=O)N[C@H](C)c3nc(CC(C)C)no3)[nH]c2c1. The molecule has 2 N–H and O–H groups in total. The average molecular weight is 371 g/mol. The minimum absolute atomic E-state index is 0.0760. The van der Waals surface area contributed by atoms with Gasteiger partial charge in [0.25, 0.3) is 0 Å². The summed E-state index contributed by atoms with van der Waals surface area (Å²) in [6, 6.07) is 5.62. The number of aromatic nitrogens is 4. The Bertz CT molecular complexity index is 915. The van der Waals surface area contributed by atoms with Gasteiger partial charge in [0, 0.05) is 6.42 Å². The maximum atomic E-state index is 12.1. The van der Waals surface area contributed by atoms with Crippen molar-refractivity contribution in [3.8, 4) is 0 Å². The van der Waals surface area contributed by atoms with Crippen LogP contribution in [0.4, 0.5) is 0 Å². The molecule has 0 saturated heterocycles. The van der Waals surface area contributed by atoms with E-state index < -0.39 is 0 Å². The van der Waals surface area contributed by atoms with Crippen LogP contribution in [-0.4, -0.2) is 32.6 Å². The summed E-state index contributed by atoms with van der Waals surface area (Å²) >= 11 is 0. The monoisotopic (exact) mass is 371 g/mol. The van der Waals surface area contributed by atoms with E-state index in [1.54, 1.807) is 6.92 Å². The number of fused-ring (bicyclic) bond motifs is 1. The summed E-state index contributed by atoms with van der Waals surface area (Å²) in [5.41, 5.74) is 3.00. The van der Waals surface area contributed by atoms with Crippen molar-refractivity contribution in [3.05, 3.63) is 41.3 Å². The van der Waals surface area contributed by atoms with Crippen molar-refractivity contribution < 1.29 is 14.1 Å². The molecule has 0 spiro atoms. The van der Waals surface area contributed by atoms with Gasteiger partial charge in [0.15, 0.2) is 5.82 Å². The molecule has 0 aliphatic heterocycles. The van der Waals surface area contributed by atoms with Gasteiger partial charge < -0.3 is 19.6 Å². The van der Waals surface area contributed by atoms with Crippen molar-refractivity contribution in [2.24, 2.45) is 5.92 Å². The number of rotatable bonds is 8. The molecular weight excluding hydrogens is 346 g/mol. The van der Waals surface area contributed by atoms with Crippen molar-refractivity contribution in [3.63, 3.8) is 0 Å². The molecule has 8 nitrogen and oxygen atoms in total. The number of carbonyl (C=O) groups is 1. The first-order valence-corrected chi connectivity index (χ1v) is 9.05. The van der Waals surface area contributed by atoms with Gasteiger partial charge in [0.05, 0.1) is 11.0 Å². The smallest absolute Gasteiger partial charge is 0.248 e. The summed E-state index contributed by atoms with van der Waals surface area (Å²) in [7, 11) is 0. The van der Waals surface area contributed by atoms with Gasteiger partial charge in [-0.3, -0.25) is 4.79 Å². The number of amides is 1. The molecule has 0 unspecified atom stereocenters. The molecule has 8 heteroatoms. The zero-order chi connectivity index (χ0) is 19.4. The Morgan fingerprint density at radius 1 is 1.30 bits per heavy atom. The van der Waals surface area contributed by atoms with Crippen molar-refractivity contribution in [2.45, 2.75) is 46.8 Å². The second kappa shape index (κ2) is 8.30. The highest BCUT2D eigenvalue weighted by Gasteiger charge is 2.17. The minimum atomic E-state index is -0.372. The molecule has 27 heavy (non-hydrogen) atoms. The molecule has 0 aliphatic carbocycles. The number of hydrogen-bond donors (Lipinski definition) is 2. The third kappa shape index (κ3) is 5.13. The highest BCUT2D eigenvalue weighted by atomic mass is 16.5. The molecule has 0 saturated carbocycles. The summed E-state index contributed by atoms with van der Waals surface area (Å²) < 4.78 is 10.7. The van der Waals surface area contributed by atoms with Crippen molar-refractivity contribution in [2.75, 3.05) is 6.61 Å². The number of aromatic amines is 1. The lowest BCUT2D eigenvalue weighted by Gasteiger charge is -2.09. The molecule has 2 heterocycles. The van der Waals surface area contributed by atoms with Crippen LogP contribution in [0.2, 0.25) is 0 Å². The topological polar surface area (TPSA) is 106 Å². The lowest BCUT2D eigenvalue weighted by atomic mass is 10.1. The van der Waals surface area contributed by atoms with Crippen LogP contribution in [0.3, 0.4) is 0 Å². The average Bonchev–Trinajstić information content (AvgIpc) is 3.20. The number of imidazole rings is 1. The van der Waals surface area contributed by atoms with E-state index in [2.05, 4.69) is 39.3 Å². The number of nitrogens with one attached hydrogen (secondary N) is 2. The summed E-state index contributed by atoms with van der Waals surface area (Å²) in [5.74, 6) is 1.92. The van der Waals surface area contributed by atoms with Gasteiger partial charge in [-0.2, -0.15) is 4.98 Å². The summed E-state index contributed by atoms with van der Waals surface area (Å²) in [6.07, 6.45) is 0.740. The molecule has 2 aromatic heterocycles. The van der Waals surface area contributed by atoms with Gasteiger partial charge in [0.2, 0.25) is 11.8 Å². The molecule has 0 fully saturated rings. The first-order valence-electron chi connectivity index (χ1n) is 9.05. The molecule has 144 valence electrons. The van der Waals surface area contributed by atoms with Crippen LogP contribution in [-0.2, 0) is 22.6 Å². The van der Waals surface area contributed by atoms with Gasteiger partial charge in [0.1, 0.15) is 25.1 Å². The van der Waals surface area contributed by atoms with Crippen LogP contribution in [0.1, 0.15) is 49.9 Å². The quantitative estimate of drug-likeness (QED) is 0.631. The molecule has 1 amide bonds. The molecule has 3 aromatic rings. The number of aryl methyl sites for hydroxylation is 1. The number of H-pyrrole nitrogens is 1. The first-order chi connectivity index (χ1) is 12.9. The Morgan fingerprint density at radius 3 is 2.89 bits per heavy atom. The van der Waals surface area contributed by atoms with Gasteiger partial charge in [-0.25, -0.2) is 4.98 Å². The van der Waals surface area contributed by atoms with Gasteiger partial charge in [-0.05, 0) is 37.5 Å². The Balaban J connectivity index is 1.46. The van der Waals surface area contributed by atoms with E-state index in [0.29, 0.717) is 23.5 Å². The predicted molar refractivity (Wildman–Crippen MR) is 99.9 cm³/mol. The van der Waals surface area contributed by atoms with E-state index >= 15 is 0 Å².